The zero-order chi connectivity index (χ0) is 14.8. The second-order valence-corrected chi connectivity index (χ2v) is 6.51. The van der Waals surface area contributed by atoms with Crippen LogP contribution in [-0.4, -0.2) is 12.1 Å². The lowest BCUT2D eigenvalue weighted by molar-refractivity contribution is 0.0954. The molecule has 0 aromatic carbocycles. The molecule has 2 aromatic heterocycles. The van der Waals surface area contributed by atoms with E-state index in [2.05, 4.69) is 17.5 Å². The molecular weight excluding hydrogens is 284 g/mol. The van der Waals surface area contributed by atoms with E-state index >= 15 is 0 Å². The molecule has 2 heterocycles. The van der Waals surface area contributed by atoms with Crippen molar-refractivity contribution in [2.75, 3.05) is 0 Å². The van der Waals surface area contributed by atoms with E-state index in [4.69, 9.17) is 4.42 Å². The predicted octanol–water partition coefficient (Wildman–Crippen LogP) is 3.54. The molecule has 4 nitrogen and oxygen atoms in total. The number of furan rings is 1. The van der Waals surface area contributed by atoms with Crippen molar-refractivity contribution in [3.63, 3.8) is 0 Å². The highest BCUT2D eigenvalue weighted by molar-refractivity contribution is 7.10. The summed E-state index contributed by atoms with van der Waals surface area (Å²) in [5.41, 5.74) is 4.56. The number of carbonyl (C=O) groups excluding carboxylic acids is 1. The van der Waals surface area contributed by atoms with Crippen molar-refractivity contribution in [2.24, 2.45) is 11.0 Å². The number of aryl methyl sites for hydroxylation is 1. The number of fused-ring (bicyclic) bond motifs is 1. The SMILES string of the molecule is Cc1ccc(/C=N\NC(=O)c2csc3c2CC[C@@H](C)C3)o1. The molecule has 21 heavy (non-hydrogen) atoms. The molecule has 0 unspecified atom stereocenters. The van der Waals surface area contributed by atoms with Gasteiger partial charge in [-0.1, -0.05) is 6.92 Å². The van der Waals surface area contributed by atoms with Gasteiger partial charge in [0.05, 0.1) is 11.8 Å². The van der Waals surface area contributed by atoms with Crippen LogP contribution in [0.1, 0.15) is 45.7 Å². The van der Waals surface area contributed by atoms with Crippen LogP contribution in [0.4, 0.5) is 0 Å². The van der Waals surface area contributed by atoms with Gasteiger partial charge in [-0.2, -0.15) is 5.10 Å². The van der Waals surface area contributed by atoms with Gasteiger partial charge in [-0.05, 0) is 49.8 Å². The number of rotatable bonds is 3. The van der Waals surface area contributed by atoms with Crippen LogP contribution in [0.25, 0.3) is 0 Å². The van der Waals surface area contributed by atoms with Crippen molar-refractivity contribution in [1.82, 2.24) is 5.43 Å². The molecule has 1 amide bonds. The van der Waals surface area contributed by atoms with E-state index in [0.29, 0.717) is 11.7 Å². The molecule has 1 aliphatic carbocycles. The van der Waals surface area contributed by atoms with Crippen molar-refractivity contribution >= 4 is 23.5 Å². The summed E-state index contributed by atoms with van der Waals surface area (Å²) in [7, 11) is 0. The van der Waals surface area contributed by atoms with Gasteiger partial charge in [-0.3, -0.25) is 4.79 Å². The molecule has 0 bridgehead atoms. The van der Waals surface area contributed by atoms with Crippen molar-refractivity contribution in [1.29, 1.82) is 0 Å². The van der Waals surface area contributed by atoms with Crippen LogP contribution in [0.2, 0.25) is 0 Å². The summed E-state index contributed by atoms with van der Waals surface area (Å²) in [6.07, 6.45) is 4.75. The Kier molecular flexibility index (Phi) is 3.92. The number of nitrogens with zero attached hydrogens (tertiary/aromatic N) is 1. The third-order valence-corrected chi connectivity index (χ3v) is 4.82. The van der Waals surface area contributed by atoms with Crippen LogP contribution >= 0.6 is 11.3 Å². The molecule has 1 aliphatic rings. The predicted molar refractivity (Wildman–Crippen MR) is 84.0 cm³/mol. The summed E-state index contributed by atoms with van der Waals surface area (Å²) in [5, 5.41) is 5.91. The number of hydrazone groups is 1. The maximum absolute atomic E-state index is 12.2. The van der Waals surface area contributed by atoms with Crippen LogP contribution in [0, 0.1) is 12.8 Å². The normalized spacial score (nSPS) is 17.9. The van der Waals surface area contributed by atoms with Crippen LogP contribution in [0.15, 0.2) is 27.0 Å². The lowest BCUT2D eigenvalue weighted by atomic mass is 9.88. The van der Waals surface area contributed by atoms with Crippen LogP contribution in [-0.2, 0) is 12.8 Å². The number of amides is 1. The van der Waals surface area contributed by atoms with Crippen LogP contribution < -0.4 is 5.43 Å². The van der Waals surface area contributed by atoms with Crippen molar-refractivity contribution in [3.05, 3.63) is 45.0 Å². The lowest BCUT2D eigenvalue weighted by Crippen LogP contribution is -2.20. The fourth-order valence-electron chi connectivity index (χ4n) is 2.61. The molecule has 0 spiro atoms. The minimum absolute atomic E-state index is 0.137. The minimum atomic E-state index is -0.137. The van der Waals surface area contributed by atoms with Gasteiger partial charge in [0.1, 0.15) is 11.5 Å². The maximum atomic E-state index is 12.2. The van der Waals surface area contributed by atoms with E-state index in [1.54, 1.807) is 11.3 Å². The average Bonchev–Trinajstić information content (AvgIpc) is 3.04. The summed E-state index contributed by atoms with van der Waals surface area (Å²) in [6, 6.07) is 3.68. The zero-order valence-electron chi connectivity index (χ0n) is 12.2. The van der Waals surface area contributed by atoms with Gasteiger partial charge < -0.3 is 4.42 Å². The van der Waals surface area contributed by atoms with E-state index in [9.17, 15) is 4.79 Å². The fraction of sp³-hybridized carbons (Fsp3) is 0.375. The Bertz CT molecular complexity index is 684. The molecule has 3 rings (SSSR count). The molecule has 0 aliphatic heterocycles. The standard InChI is InChI=1S/C16H18N2O2S/c1-10-3-6-13-14(9-21-15(13)7-10)16(19)18-17-8-12-5-4-11(2)20-12/h4-5,8-10H,3,6-7H2,1-2H3,(H,18,19)/b17-8-/t10-/m1/s1. The van der Waals surface area contributed by atoms with E-state index in [-0.39, 0.29) is 5.91 Å². The van der Waals surface area contributed by atoms with Crippen molar-refractivity contribution < 1.29 is 9.21 Å². The molecule has 0 fully saturated rings. The third kappa shape index (κ3) is 3.08. The highest BCUT2D eigenvalue weighted by Crippen LogP contribution is 2.32. The number of nitrogens with one attached hydrogen (secondary N) is 1. The summed E-state index contributed by atoms with van der Waals surface area (Å²) < 4.78 is 5.36. The van der Waals surface area contributed by atoms with Crippen molar-refractivity contribution in [3.8, 4) is 0 Å². The molecular formula is C16H18N2O2S. The molecule has 0 saturated carbocycles. The van der Waals surface area contributed by atoms with Gasteiger partial charge in [0.25, 0.3) is 5.91 Å². The Balaban J connectivity index is 1.67. The lowest BCUT2D eigenvalue weighted by Gasteiger charge is -2.18. The zero-order valence-corrected chi connectivity index (χ0v) is 13.0. The smallest absolute Gasteiger partial charge is 0.272 e. The summed E-state index contributed by atoms with van der Waals surface area (Å²) >= 11 is 1.69. The Morgan fingerprint density at radius 3 is 3.14 bits per heavy atom. The third-order valence-electron chi connectivity index (χ3n) is 3.77. The van der Waals surface area contributed by atoms with Gasteiger partial charge in [0.15, 0.2) is 0 Å². The van der Waals surface area contributed by atoms with Gasteiger partial charge >= 0.3 is 0 Å². The monoisotopic (exact) mass is 302 g/mol. The quantitative estimate of drug-likeness (QED) is 0.696. The number of hydrogen-bond donors (Lipinski definition) is 1. The number of carbonyl (C=O) groups is 1. The first-order valence-corrected chi connectivity index (χ1v) is 8.00. The maximum Gasteiger partial charge on any atom is 0.272 e. The molecule has 5 heteroatoms. The molecule has 0 saturated heterocycles. The topological polar surface area (TPSA) is 54.6 Å². The Labute approximate surface area is 127 Å². The summed E-state index contributed by atoms with van der Waals surface area (Å²) in [4.78, 5) is 13.6. The van der Waals surface area contributed by atoms with Gasteiger partial charge in [0.2, 0.25) is 0 Å². The second-order valence-electron chi connectivity index (χ2n) is 5.55. The largest absolute Gasteiger partial charge is 0.460 e. The minimum Gasteiger partial charge on any atom is -0.460 e. The Morgan fingerprint density at radius 2 is 2.38 bits per heavy atom. The van der Waals surface area contributed by atoms with E-state index in [1.165, 1.54) is 16.7 Å². The van der Waals surface area contributed by atoms with Crippen molar-refractivity contribution in [2.45, 2.75) is 33.1 Å². The number of thiophene rings is 1. The molecule has 0 radical (unpaired) electrons. The first-order valence-electron chi connectivity index (χ1n) is 7.12. The van der Waals surface area contributed by atoms with Gasteiger partial charge in [-0.25, -0.2) is 5.43 Å². The molecule has 1 atom stereocenters. The van der Waals surface area contributed by atoms with Crippen LogP contribution in [0.5, 0.6) is 0 Å². The molecule has 110 valence electrons. The van der Waals surface area contributed by atoms with E-state index in [1.807, 2.05) is 24.4 Å². The number of hydrogen-bond acceptors (Lipinski definition) is 4. The summed E-state index contributed by atoms with van der Waals surface area (Å²) in [6.45, 7) is 4.13. The summed E-state index contributed by atoms with van der Waals surface area (Å²) in [5.74, 6) is 2.03. The Morgan fingerprint density at radius 1 is 1.52 bits per heavy atom. The highest BCUT2D eigenvalue weighted by Gasteiger charge is 2.22. The first-order chi connectivity index (χ1) is 10.1. The average molecular weight is 302 g/mol. The van der Waals surface area contributed by atoms with E-state index in [0.717, 1.165) is 30.6 Å². The first kappa shape index (κ1) is 14.1. The molecule has 1 N–H and O–H groups in total. The highest BCUT2D eigenvalue weighted by atomic mass is 32.1. The second kappa shape index (κ2) is 5.85. The van der Waals surface area contributed by atoms with Crippen LogP contribution in [0.3, 0.4) is 0 Å². The molecule has 2 aromatic rings. The van der Waals surface area contributed by atoms with Gasteiger partial charge in [-0.15, -0.1) is 11.3 Å². The Hall–Kier alpha value is -1.88. The van der Waals surface area contributed by atoms with Gasteiger partial charge in [0, 0.05) is 10.3 Å². The van der Waals surface area contributed by atoms with E-state index < -0.39 is 0 Å². The fourth-order valence-corrected chi connectivity index (χ4v) is 3.85.